The van der Waals surface area contributed by atoms with Crippen molar-refractivity contribution in [2.24, 2.45) is 0 Å². The lowest BCUT2D eigenvalue weighted by molar-refractivity contribution is 0.0652. The summed E-state index contributed by atoms with van der Waals surface area (Å²) in [7, 11) is 1.58. The topological polar surface area (TPSA) is 53.7 Å². The maximum atomic E-state index is 13.6. The summed E-state index contributed by atoms with van der Waals surface area (Å²) in [5, 5.41) is 9.66. The van der Waals surface area contributed by atoms with Gasteiger partial charge in [-0.05, 0) is 19.9 Å². The predicted molar refractivity (Wildman–Crippen MR) is 69.6 cm³/mol. The molecule has 2 aromatic rings. The Labute approximate surface area is 110 Å². The summed E-state index contributed by atoms with van der Waals surface area (Å²) in [6.07, 6.45) is 0. The van der Waals surface area contributed by atoms with E-state index in [1.807, 2.05) is 0 Å². The van der Waals surface area contributed by atoms with Gasteiger partial charge in [0.1, 0.15) is 0 Å². The first-order valence-electron chi connectivity index (χ1n) is 6.03. The molecule has 0 spiro atoms. The molecular weight excluding hydrogens is 249 g/mol. The Hall–Kier alpha value is -1.88. The molecule has 1 aromatic heterocycles. The van der Waals surface area contributed by atoms with Gasteiger partial charge in [-0.3, -0.25) is 4.79 Å². The lowest BCUT2D eigenvalue weighted by Crippen LogP contribution is -2.37. The fourth-order valence-electron chi connectivity index (χ4n) is 1.90. The molecule has 0 radical (unpaired) electrons. The van der Waals surface area contributed by atoms with Crippen LogP contribution >= 0.6 is 0 Å². The third-order valence-corrected chi connectivity index (χ3v) is 3.36. The average Bonchev–Trinajstić information content (AvgIpc) is 2.75. The molecule has 19 heavy (non-hydrogen) atoms. The molecular formula is C14H16FNO3. The minimum Gasteiger partial charge on any atom is -0.448 e. The second-order valence-corrected chi connectivity index (χ2v) is 4.62. The van der Waals surface area contributed by atoms with Gasteiger partial charge in [0, 0.05) is 18.0 Å². The maximum Gasteiger partial charge on any atom is 0.289 e. The van der Waals surface area contributed by atoms with Gasteiger partial charge in [-0.1, -0.05) is 12.1 Å². The first-order chi connectivity index (χ1) is 8.97. The van der Waals surface area contributed by atoms with E-state index in [9.17, 15) is 9.18 Å². The van der Waals surface area contributed by atoms with Crippen molar-refractivity contribution in [1.82, 2.24) is 4.90 Å². The van der Waals surface area contributed by atoms with E-state index in [1.165, 1.54) is 11.0 Å². The molecule has 1 aromatic carbocycles. The highest BCUT2D eigenvalue weighted by molar-refractivity contribution is 5.99. The third kappa shape index (κ3) is 2.21. The Balaban J connectivity index is 2.49. The Morgan fingerprint density at radius 2 is 2.21 bits per heavy atom. The summed E-state index contributed by atoms with van der Waals surface area (Å²) in [6, 6.07) is 4.25. The highest BCUT2D eigenvalue weighted by atomic mass is 19.1. The van der Waals surface area contributed by atoms with Crippen molar-refractivity contribution in [1.29, 1.82) is 0 Å². The zero-order valence-electron chi connectivity index (χ0n) is 11.1. The molecule has 4 nitrogen and oxygen atoms in total. The number of carbonyl (C=O) groups is 1. The van der Waals surface area contributed by atoms with Crippen LogP contribution in [-0.2, 0) is 0 Å². The van der Waals surface area contributed by atoms with Crippen LogP contribution in [0.1, 0.15) is 23.0 Å². The van der Waals surface area contributed by atoms with Crippen LogP contribution in [0.4, 0.5) is 4.39 Å². The number of furan rings is 1. The van der Waals surface area contributed by atoms with E-state index in [0.717, 1.165) is 0 Å². The Kier molecular flexibility index (Phi) is 3.57. The van der Waals surface area contributed by atoms with E-state index in [2.05, 4.69) is 0 Å². The van der Waals surface area contributed by atoms with Crippen LogP contribution in [0, 0.1) is 12.7 Å². The van der Waals surface area contributed by atoms with Gasteiger partial charge >= 0.3 is 0 Å². The normalized spacial score (nSPS) is 12.7. The van der Waals surface area contributed by atoms with Crippen LogP contribution in [0.15, 0.2) is 22.6 Å². The molecule has 0 aliphatic rings. The number of para-hydroxylation sites is 1. The molecule has 0 aliphatic heterocycles. The molecule has 1 heterocycles. The molecule has 0 bridgehead atoms. The minimum atomic E-state index is -0.488. The smallest absolute Gasteiger partial charge is 0.289 e. The second-order valence-electron chi connectivity index (χ2n) is 4.62. The van der Waals surface area contributed by atoms with Crippen molar-refractivity contribution < 1.29 is 18.7 Å². The van der Waals surface area contributed by atoms with E-state index in [-0.39, 0.29) is 29.9 Å². The number of rotatable bonds is 3. The van der Waals surface area contributed by atoms with Gasteiger partial charge in [-0.2, -0.15) is 0 Å². The number of likely N-dealkylation sites (N-methyl/N-ethyl adjacent to an activating group) is 1. The lowest BCUT2D eigenvalue weighted by atomic mass is 10.1. The molecule has 0 fully saturated rings. The number of fused-ring (bicyclic) bond motifs is 1. The number of aliphatic hydroxyl groups is 1. The van der Waals surface area contributed by atoms with Gasteiger partial charge in [0.15, 0.2) is 17.2 Å². The van der Waals surface area contributed by atoms with Crippen LogP contribution in [-0.4, -0.2) is 35.6 Å². The van der Waals surface area contributed by atoms with E-state index in [1.54, 1.807) is 33.0 Å². The zero-order valence-corrected chi connectivity index (χ0v) is 11.1. The van der Waals surface area contributed by atoms with Gasteiger partial charge in [-0.15, -0.1) is 0 Å². The van der Waals surface area contributed by atoms with Crippen molar-refractivity contribution in [3.8, 4) is 0 Å². The predicted octanol–water partition coefficient (Wildman–Crippen LogP) is 2.33. The monoisotopic (exact) mass is 265 g/mol. The average molecular weight is 265 g/mol. The van der Waals surface area contributed by atoms with Gasteiger partial charge in [0.2, 0.25) is 0 Å². The number of halogens is 1. The van der Waals surface area contributed by atoms with Crippen LogP contribution in [0.2, 0.25) is 0 Å². The summed E-state index contributed by atoms with van der Waals surface area (Å²) in [5.74, 6) is -0.741. The second kappa shape index (κ2) is 5.01. The molecule has 0 saturated carbocycles. The number of nitrogens with zero attached hydrogens (tertiary/aromatic N) is 1. The summed E-state index contributed by atoms with van der Waals surface area (Å²) < 4.78 is 19.0. The number of benzene rings is 1. The SMILES string of the molecule is Cc1c(C(=O)N(C)C(C)CO)oc2c(F)cccc12. The first-order valence-corrected chi connectivity index (χ1v) is 6.03. The molecule has 5 heteroatoms. The van der Waals surface area contributed by atoms with E-state index < -0.39 is 5.82 Å². The van der Waals surface area contributed by atoms with Crippen LogP contribution < -0.4 is 0 Å². The van der Waals surface area contributed by atoms with Crippen molar-refractivity contribution >= 4 is 16.9 Å². The highest BCUT2D eigenvalue weighted by Gasteiger charge is 2.24. The minimum absolute atomic E-state index is 0.0911. The van der Waals surface area contributed by atoms with Gasteiger partial charge in [-0.25, -0.2) is 4.39 Å². The quantitative estimate of drug-likeness (QED) is 0.926. The number of amides is 1. The summed E-state index contributed by atoms with van der Waals surface area (Å²) in [6.45, 7) is 3.29. The zero-order chi connectivity index (χ0) is 14.2. The Morgan fingerprint density at radius 1 is 1.53 bits per heavy atom. The fraction of sp³-hybridized carbons (Fsp3) is 0.357. The fourth-order valence-corrected chi connectivity index (χ4v) is 1.90. The first kappa shape index (κ1) is 13.5. The molecule has 102 valence electrons. The Morgan fingerprint density at radius 3 is 2.79 bits per heavy atom. The summed E-state index contributed by atoms with van der Waals surface area (Å²) in [4.78, 5) is 13.6. The largest absolute Gasteiger partial charge is 0.448 e. The summed E-state index contributed by atoms with van der Waals surface area (Å²) >= 11 is 0. The Bertz CT molecular complexity index is 620. The number of aryl methyl sites for hydroxylation is 1. The summed E-state index contributed by atoms with van der Waals surface area (Å²) in [5.41, 5.74) is 0.699. The van der Waals surface area contributed by atoms with Crippen molar-refractivity contribution in [3.05, 3.63) is 35.3 Å². The van der Waals surface area contributed by atoms with E-state index in [0.29, 0.717) is 10.9 Å². The van der Waals surface area contributed by atoms with E-state index >= 15 is 0 Å². The van der Waals surface area contributed by atoms with Gasteiger partial charge in [0.25, 0.3) is 5.91 Å². The number of hydrogen-bond acceptors (Lipinski definition) is 3. The molecule has 2 rings (SSSR count). The highest BCUT2D eigenvalue weighted by Crippen LogP contribution is 2.28. The number of aliphatic hydroxyl groups excluding tert-OH is 1. The molecule has 1 amide bonds. The van der Waals surface area contributed by atoms with Crippen LogP contribution in [0.5, 0.6) is 0 Å². The molecule has 1 unspecified atom stereocenters. The number of carbonyl (C=O) groups excluding carboxylic acids is 1. The van der Waals surface area contributed by atoms with Crippen molar-refractivity contribution in [2.75, 3.05) is 13.7 Å². The van der Waals surface area contributed by atoms with Crippen molar-refractivity contribution in [3.63, 3.8) is 0 Å². The maximum absolute atomic E-state index is 13.6. The van der Waals surface area contributed by atoms with Crippen molar-refractivity contribution in [2.45, 2.75) is 19.9 Å². The molecule has 1 N–H and O–H groups in total. The lowest BCUT2D eigenvalue weighted by Gasteiger charge is -2.22. The third-order valence-electron chi connectivity index (χ3n) is 3.36. The molecule has 0 aliphatic carbocycles. The molecule has 1 atom stereocenters. The van der Waals surface area contributed by atoms with Crippen LogP contribution in [0.25, 0.3) is 11.0 Å². The van der Waals surface area contributed by atoms with Crippen LogP contribution in [0.3, 0.4) is 0 Å². The standard InChI is InChI=1S/C14H16FNO3/c1-8(7-17)16(3)14(18)12-9(2)10-5-4-6-11(15)13(10)19-12/h4-6,8,17H,7H2,1-3H3. The van der Waals surface area contributed by atoms with Gasteiger partial charge in [0.05, 0.1) is 12.6 Å². The van der Waals surface area contributed by atoms with Gasteiger partial charge < -0.3 is 14.4 Å². The number of hydrogen-bond donors (Lipinski definition) is 1. The molecule has 0 saturated heterocycles. The van der Waals surface area contributed by atoms with E-state index in [4.69, 9.17) is 9.52 Å².